The van der Waals surface area contributed by atoms with E-state index in [1.807, 2.05) is 17.5 Å². The summed E-state index contributed by atoms with van der Waals surface area (Å²) >= 11 is 1.55. The Bertz CT molecular complexity index is 778. The van der Waals surface area contributed by atoms with Crippen molar-refractivity contribution >= 4 is 22.6 Å². The van der Waals surface area contributed by atoms with Gasteiger partial charge in [0.1, 0.15) is 11.9 Å². The number of aromatic hydroxyl groups is 1. The van der Waals surface area contributed by atoms with Crippen molar-refractivity contribution < 1.29 is 22.2 Å². The molecule has 0 saturated carbocycles. The Morgan fingerprint density at radius 1 is 1.31 bits per heavy atom. The van der Waals surface area contributed by atoms with Crippen molar-refractivity contribution in [3.8, 4) is 17.0 Å². The number of phenols is 1. The van der Waals surface area contributed by atoms with Gasteiger partial charge in [-0.15, -0.1) is 11.3 Å². The van der Waals surface area contributed by atoms with E-state index in [0.29, 0.717) is 39.4 Å². The van der Waals surface area contributed by atoms with E-state index in [9.17, 15) is 9.90 Å². The van der Waals surface area contributed by atoms with Crippen LogP contribution in [-0.2, 0) is 9.47 Å². The number of piperazine rings is 1. The number of hydrogen-bond donors (Lipinski definition) is 1. The first-order valence-electron chi connectivity index (χ1n) is 8.73. The lowest BCUT2D eigenvalue weighted by Gasteiger charge is -2.34. The minimum Gasteiger partial charge on any atom is -0.507 e. The van der Waals surface area contributed by atoms with E-state index >= 15 is 0 Å². The van der Waals surface area contributed by atoms with E-state index in [1.54, 1.807) is 28.4 Å². The van der Waals surface area contributed by atoms with Crippen LogP contribution in [0.1, 0.15) is 9.27 Å². The SMILES string of the molecule is O=C(O[C@H]1CCOC1)N1CCN(c2nc(-c3ccccc3O)cs2)CC1.[HH].[HH]. The topological polar surface area (TPSA) is 75.1 Å². The number of carbonyl (C=O) groups is 1. The zero-order valence-corrected chi connectivity index (χ0v) is 15.2. The number of amides is 1. The third kappa shape index (κ3) is 3.61. The highest BCUT2D eigenvalue weighted by atomic mass is 32.1. The number of phenolic OH excluding ortho intramolecular Hbond substituents is 1. The van der Waals surface area contributed by atoms with Crippen LogP contribution < -0.4 is 4.90 Å². The third-order valence-corrected chi connectivity index (χ3v) is 5.54. The molecule has 8 heteroatoms. The first kappa shape index (κ1) is 17.1. The Morgan fingerprint density at radius 3 is 2.85 bits per heavy atom. The molecule has 0 radical (unpaired) electrons. The van der Waals surface area contributed by atoms with Gasteiger partial charge in [-0.3, -0.25) is 0 Å². The molecule has 1 atom stereocenters. The number of para-hydroxylation sites is 1. The number of aromatic nitrogens is 1. The summed E-state index contributed by atoms with van der Waals surface area (Å²) < 4.78 is 10.7. The number of anilines is 1. The lowest BCUT2D eigenvalue weighted by atomic mass is 10.1. The van der Waals surface area contributed by atoms with Crippen molar-refractivity contribution in [2.24, 2.45) is 0 Å². The lowest BCUT2D eigenvalue weighted by Crippen LogP contribution is -2.49. The molecule has 2 aliphatic rings. The molecule has 2 fully saturated rings. The van der Waals surface area contributed by atoms with Crippen LogP contribution in [-0.4, -0.2) is 66.6 Å². The summed E-state index contributed by atoms with van der Waals surface area (Å²) in [7, 11) is 0. The maximum Gasteiger partial charge on any atom is 0.410 e. The zero-order chi connectivity index (χ0) is 17.9. The van der Waals surface area contributed by atoms with Gasteiger partial charge in [0.25, 0.3) is 0 Å². The second kappa shape index (κ2) is 7.51. The lowest BCUT2D eigenvalue weighted by molar-refractivity contribution is 0.0534. The van der Waals surface area contributed by atoms with Crippen LogP contribution in [0.2, 0.25) is 0 Å². The quantitative estimate of drug-likeness (QED) is 0.883. The van der Waals surface area contributed by atoms with Gasteiger partial charge in [0.2, 0.25) is 0 Å². The summed E-state index contributed by atoms with van der Waals surface area (Å²) in [6, 6.07) is 7.19. The van der Waals surface area contributed by atoms with Gasteiger partial charge < -0.3 is 24.4 Å². The molecule has 0 aliphatic carbocycles. The smallest absolute Gasteiger partial charge is 0.410 e. The van der Waals surface area contributed by atoms with Crippen LogP contribution in [0, 0.1) is 0 Å². The second-order valence-corrected chi connectivity index (χ2v) is 7.21. The Morgan fingerprint density at radius 2 is 2.12 bits per heavy atom. The van der Waals surface area contributed by atoms with Gasteiger partial charge in [-0.25, -0.2) is 9.78 Å². The van der Waals surface area contributed by atoms with E-state index in [-0.39, 0.29) is 20.8 Å². The fourth-order valence-corrected chi connectivity index (χ4v) is 4.01. The Hall–Kier alpha value is -2.32. The van der Waals surface area contributed by atoms with Crippen molar-refractivity contribution in [3.63, 3.8) is 0 Å². The minimum atomic E-state index is -0.255. The minimum absolute atomic E-state index is 0. The molecule has 1 amide bonds. The summed E-state index contributed by atoms with van der Waals surface area (Å²) in [4.78, 5) is 20.8. The highest BCUT2D eigenvalue weighted by Crippen LogP contribution is 2.32. The van der Waals surface area contributed by atoms with E-state index in [4.69, 9.17) is 9.47 Å². The molecule has 7 nitrogen and oxygen atoms in total. The number of nitrogens with zero attached hydrogens (tertiary/aromatic N) is 3. The number of hydrogen-bond acceptors (Lipinski definition) is 7. The van der Waals surface area contributed by atoms with E-state index in [1.165, 1.54) is 0 Å². The van der Waals surface area contributed by atoms with E-state index in [0.717, 1.165) is 22.8 Å². The predicted molar refractivity (Wildman–Crippen MR) is 103 cm³/mol. The molecule has 2 saturated heterocycles. The molecule has 1 aromatic carbocycles. The second-order valence-electron chi connectivity index (χ2n) is 6.38. The molecule has 2 aliphatic heterocycles. The summed E-state index contributed by atoms with van der Waals surface area (Å²) in [6.07, 6.45) is 0.412. The monoisotopic (exact) mass is 379 g/mol. The van der Waals surface area contributed by atoms with Crippen LogP contribution in [0.5, 0.6) is 5.75 Å². The molecular formula is C18H25N3O4S. The molecule has 3 heterocycles. The Labute approximate surface area is 158 Å². The molecule has 0 bridgehead atoms. The van der Waals surface area contributed by atoms with Crippen LogP contribution >= 0.6 is 11.3 Å². The largest absolute Gasteiger partial charge is 0.507 e. The molecular weight excluding hydrogens is 354 g/mol. The van der Waals surface area contributed by atoms with Crippen LogP contribution in [0.25, 0.3) is 11.3 Å². The Kier molecular flexibility index (Phi) is 4.94. The molecule has 2 aromatic rings. The number of thiazole rings is 1. The maximum atomic E-state index is 12.2. The molecule has 26 heavy (non-hydrogen) atoms. The average Bonchev–Trinajstić information content (AvgIpc) is 3.34. The van der Waals surface area contributed by atoms with Crippen LogP contribution in [0.15, 0.2) is 29.6 Å². The fourth-order valence-electron chi connectivity index (χ4n) is 3.13. The van der Waals surface area contributed by atoms with Gasteiger partial charge in [-0.2, -0.15) is 0 Å². The third-order valence-electron chi connectivity index (χ3n) is 4.64. The van der Waals surface area contributed by atoms with Crippen molar-refractivity contribution in [1.29, 1.82) is 0 Å². The number of benzene rings is 1. The van der Waals surface area contributed by atoms with Crippen LogP contribution in [0.4, 0.5) is 9.93 Å². The van der Waals surface area contributed by atoms with Crippen LogP contribution in [0.3, 0.4) is 0 Å². The number of ether oxygens (including phenoxy) is 2. The standard InChI is InChI=1S/C18H21N3O4S.2H2/c22-16-4-2-1-3-14(16)15-12-26-17(19-15)20-6-8-21(9-7-20)18(23)25-13-5-10-24-11-13;;/h1-4,12-13,22H,5-11H2;2*1H/t13-;;/m0../s1. The van der Waals surface area contributed by atoms with Gasteiger partial charge in [0.05, 0.1) is 18.9 Å². The summed E-state index contributed by atoms with van der Waals surface area (Å²) in [5, 5.41) is 12.8. The molecule has 142 valence electrons. The van der Waals surface area contributed by atoms with Crippen molar-refractivity contribution in [2.75, 3.05) is 44.3 Å². The molecule has 4 rings (SSSR count). The van der Waals surface area contributed by atoms with Gasteiger partial charge in [-0.1, -0.05) is 12.1 Å². The summed E-state index contributed by atoms with van der Waals surface area (Å²) in [5.41, 5.74) is 1.50. The van der Waals surface area contributed by atoms with E-state index in [2.05, 4.69) is 9.88 Å². The maximum absolute atomic E-state index is 12.2. The Balaban J connectivity index is 0.00000140. The summed E-state index contributed by atoms with van der Waals surface area (Å²) in [6.45, 7) is 3.80. The zero-order valence-electron chi connectivity index (χ0n) is 14.3. The highest BCUT2D eigenvalue weighted by Gasteiger charge is 2.27. The van der Waals surface area contributed by atoms with Crippen molar-refractivity contribution in [2.45, 2.75) is 12.5 Å². The van der Waals surface area contributed by atoms with Gasteiger partial charge in [-0.05, 0) is 12.1 Å². The molecule has 1 N–H and O–H groups in total. The predicted octanol–water partition coefficient (Wildman–Crippen LogP) is 3.06. The normalized spacial score (nSPS) is 20.4. The van der Waals surface area contributed by atoms with Gasteiger partial charge >= 0.3 is 6.09 Å². The average molecular weight is 379 g/mol. The first-order valence-corrected chi connectivity index (χ1v) is 9.61. The summed E-state index contributed by atoms with van der Waals surface area (Å²) in [5.74, 6) is 0.229. The number of carbonyl (C=O) groups excluding carboxylic acids is 1. The fraction of sp³-hybridized carbons (Fsp3) is 0.444. The van der Waals surface area contributed by atoms with Crippen molar-refractivity contribution in [1.82, 2.24) is 9.88 Å². The highest BCUT2D eigenvalue weighted by molar-refractivity contribution is 7.14. The molecule has 0 spiro atoms. The molecule has 1 aromatic heterocycles. The van der Waals surface area contributed by atoms with E-state index < -0.39 is 0 Å². The number of rotatable bonds is 3. The molecule has 0 unspecified atom stereocenters. The van der Waals surface area contributed by atoms with Gasteiger partial charge in [0.15, 0.2) is 5.13 Å². The van der Waals surface area contributed by atoms with Crippen molar-refractivity contribution in [3.05, 3.63) is 29.6 Å². The van der Waals surface area contributed by atoms with Gasteiger partial charge in [0, 0.05) is 46.4 Å². The first-order chi connectivity index (χ1) is 12.7.